The summed E-state index contributed by atoms with van der Waals surface area (Å²) in [5.74, 6) is -0.984. The van der Waals surface area contributed by atoms with E-state index in [1.54, 1.807) is 60.7 Å². The fourth-order valence-electron chi connectivity index (χ4n) is 3.16. The highest BCUT2D eigenvalue weighted by atomic mass is 79.9. The smallest absolute Gasteiger partial charge is 0.261 e. The Hall–Kier alpha value is -3.25. The van der Waals surface area contributed by atoms with Crippen LogP contribution in [0, 0.1) is 0 Å². The summed E-state index contributed by atoms with van der Waals surface area (Å²) in [6, 6.07) is 20.9. The number of fused-ring (bicyclic) bond motifs is 1. The van der Waals surface area contributed by atoms with Crippen LogP contribution in [0.3, 0.4) is 0 Å². The summed E-state index contributed by atoms with van der Waals surface area (Å²) in [5.41, 5.74) is 2.46. The van der Waals surface area contributed by atoms with Gasteiger partial charge in [-0.25, -0.2) is 0 Å². The second kappa shape index (κ2) is 7.40. The number of nitrogens with zero attached hydrogens (tertiary/aromatic N) is 1. The molecule has 28 heavy (non-hydrogen) atoms. The zero-order valence-corrected chi connectivity index (χ0v) is 16.3. The van der Waals surface area contributed by atoms with E-state index in [4.69, 9.17) is 0 Å². The number of hydrogen-bond donors (Lipinski definition) is 1. The van der Waals surface area contributed by atoms with E-state index in [9.17, 15) is 14.4 Å². The van der Waals surface area contributed by atoms with E-state index in [0.29, 0.717) is 27.9 Å². The van der Waals surface area contributed by atoms with Crippen LogP contribution in [-0.4, -0.2) is 22.6 Å². The zero-order valence-electron chi connectivity index (χ0n) is 14.7. The summed E-state index contributed by atoms with van der Waals surface area (Å²) in [5, 5.41) is 2.84. The van der Waals surface area contributed by atoms with E-state index < -0.39 is 0 Å². The topological polar surface area (TPSA) is 66.5 Å². The number of hydrogen-bond acceptors (Lipinski definition) is 3. The molecular weight excluding hydrogens is 420 g/mol. The summed E-state index contributed by atoms with van der Waals surface area (Å²) in [4.78, 5) is 39.2. The molecule has 0 spiro atoms. The fraction of sp³-hybridized carbons (Fsp3) is 0.0455. The van der Waals surface area contributed by atoms with Gasteiger partial charge in [0, 0.05) is 15.7 Å². The molecule has 4 rings (SSSR count). The summed E-state index contributed by atoms with van der Waals surface area (Å²) >= 11 is 3.36. The first-order chi connectivity index (χ1) is 13.5. The van der Waals surface area contributed by atoms with E-state index >= 15 is 0 Å². The normalized spacial score (nSPS) is 12.8. The van der Waals surface area contributed by atoms with E-state index in [1.165, 1.54) is 4.90 Å². The molecule has 1 heterocycles. The van der Waals surface area contributed by atoms with Gasteiger partial charge in [-0.05, 0) is 48.0 Å². The molecule has 1 aliphatic rings. The lowest BCUT2D eigenvalue weighted by Crippen LogP contribution is -2.30. The summed E-state index contributed by atoms with van der Waals surface area (Å²) in [6.07, 6.45) is 0. The molecule has 6 heteroatoms. The number of carbonyl (C=O) groups excluding carboxylic acids is 3. The molecule has 1 aliphatic heterocycles. The first kappa shape index (κ1) is 18.1. The third-order valence-corrected chi connectivity index (χ3v) is 5.10. The van der Waals surface area contributed by atoms with Gasteiger partial charge in [-0.3, -0.25) is 19.3 Å². The van der Waals surface area contributed by atoms with Crippen LogP contribution in [0.5, 0.6) is 0 Å². The molecule has 0 radical (unpaired) electrons. The molecule has 3 aromatic carbocycles. The molecule has 0 aromatic heterocycles. The monoisotopic (exact) mass is 434 g/mol. The quantitative estimate of drug-likeness (QED) is 0.614. The van der Waals surface area contributed by atoms with Crippen LogP contribution in [0.4, 0.5) is 5.69 Å². The predicted octanol–water partition coefficient (Wildman–Crippen LogP) is 4.50. The average Bonchev–Trinajstić information content (AvgIpc) is 2.95. The van der Waals surface area contributed by atoms with Crippen LogP contribution >= 0.6 is 15.9 Å². The maximum absolute atomic E-state index is 12.8. The van der Waals surface area contributed by atoms with Gasteiger partial charge in [-0.2, -0.15) is 0 Å². The molecule has 0 bridgehead atoms. The van der Waals surface area contributed by atoms with Crippen molar-refractivity contribution >= 4 is 39.3 Å². The van der Waals surface area contributed by atoms with Crippen LogP contribution in [0.2, 0.25) is 0 Å². The molecule has 0 aliphatic carbocycles. The Morgan fingerprint density at radius 2 is 1.39 bits per heavy atom. The average molecular weight is 435 g/mol. The minimum absolute atomic E-state index is 0.0380. The van der Waals surface area contributed by atoms with E-state index in [0.717, 1.165) is 4.47 Å². The number of carbonyl (C=O) groups is 3. The van der Waals surface area contributed by atoms with Crippen LogP contribution < -0.4 is 5.32 Å². The zero-order chi connectivity index (χ0) is 19.7. The lowest BCUT2D eigenvalue weighted by molar-refractivity contribution is 0.0640. The standard InChI is InChI=1S/C22H15BrN2O3/c23-15-9-11-16(12-10-15)24-20(26)17-6-2-1-5-14(17)13-25-21(27)18-7-3-4-8-19(18)22(25)28/h1-12H,13H2,(H,24,26). The van der Waals surface area contributed by atoms with Gasteiger partial charge in [0.05, 0.1) is 17.7 Å². The third kappa shape index (κ3) is 3.34. The maximum atomic E-state index is 12.8. The van der Waals surface area contributed by atoms with Crippen molar-refractivity contribution in [3.63, 3.8) is 0 Å². The van der Waals surface area contributed by atoms with Gasteiger partial charge in [-0.1, -0.05) is 46.3 Å². The molecular formula is C22H15BrN2O3. The van der Waals surface area contributed by atoms with Gasteiger partial charge in [0.15, 0.2) is 0 Å². The third-order valence-electron chi connectivity index (χ3n) is 4.57. The molecule has 3 aromatic rings. The van der Waals surface area contributed by atoms with Crippen molar-refractivity contribution in [2.75, 3.05) is 5.32 Å². The summed E-state index contributed by atoms with van der Waals surface area (Å²) < 4.78 is 0.913. The maximum Gasteiger partial charge on any atom is 0.261 e. The number of imide groups is 1. The number of nitrogens with one attached hydrogen (secondary N) is 1. The largest absolute Gasteiger partial charge is 0.322 e. The van der Waals surface area contributed by atoms with Crippen LogP contribution in [0.25, 0.3) is 0 Å². The molecule has 3 amide bonds. The first-order valence-electron chi connectivity index (χ1n) is 8.64. The van der Waals surface area contributed by atoms with E-state index in [1.807, 2.05) is 12.1 Å². The Labute approximate surface area is 170 Å². The van der Waals surface area contributed by atoms with Gasteiger partial charge in [-0.15, -0.1) is 0 Å². The highest BCUT2D eigenvalue weighted by Gasteiger charge is 2.35. The second-order valence-electron chi connectivity index (χ2n) is 6.36. The number of halogens is 1. The second-order valence-corrected chi connectivity index (χ2v) is 7.28. The van der Waals surface area contributed by atoms with Crippen LogP contribution in [0.15, 0.2) is 77.3 Å². The van der Waals surface area contributed by atoms with Gasteiger partial charge in [0.25, 0.3) is 17.7 Å². The molecule has 0 saturated heterocycles. The summed E-state index contributed by atoms with van der Waals surface area (Å²) in [6.45, 7) is 0.0380. The molecule has 0 unspecified atom stereocenters. The predicted molar refractivity (Wildman–Crippen MR) is 109 cm³/mol. The van der Waals surface area contributed by atoms with Crippen molar-refractivity contribution in [2.24, 2.45) is 0 Å². The number of rotatable bonds is 4. The van der Waals surface area contributed by atoms with Crippen molar-refractivity contribution in [2.45, 2.75) is 6.54 Å². The number of amides is 3. The minimum atomic E-state index is -0.344. The van der Waals surface area contributed by atoms with E-state index in [2.05, 4.69) is 21.2 Å². The van der Waals surface area contributed by atoms with Crippen molar-refractivity contribution in [1.82, 2.24) is 4.90 Å². The minimum Gasteiger partial charge on any atom is -0.322 e. The Morgan fingerprint density at radius 3 is 2.04 bits per heavy atom. The molecule has 1 N–H and O–H groups in total. The Kier molecular flexibility index (Phi) is 4.79. The van der Waals surface area contributed by atoms with Crippen LogP contribution in [0.1, 0.15) is 36.6 Å². The van der Waals surface area contributed by atoms with Crippen molar-refractivity contribution in [3.05, 3.63) is 99.5 Å². The lowest BCUT2D eigenvalue weighted by atomic mass is 10.1. The van der Waals surface area contributed by atoms with Crippen molar-refractivity contribution in [1.29, 1.82) is 0 Å². The lowest BCUT2D eigenvalue weighted by Gasteiger charge is -2.16. The number of benzene rings is 3. The van der Waals surface area contributed by atoms with E-state index in [-0.39, 0.29) is 24.3 Å². The molecule has 0 fully saturated rings. The molecule has 0 saturated carbocycles. The van der Waals surface area contributed by atoms with Gasteiger partial charge >= 0.3 is 0 Å². The van der Waals surface area contributed by atoms with Crippen LogP contribution in [-0.2, 0) is 6.54 Å². The van der Waals surface area contributed by atoms with Gasteiger partial charge in [0.1, 0.15) is 0 Å². The molecule has 138 valence electrons. The first-order valence-corrected chi connectivity index (χ1v) is 9.44. The molecule has 5 nitrogen and oxygen atoms in total. The summed E-state index contributed by atoms with van der Waals surface area (Å²) in [7, 11) is 0. The number of anilines is 1. The molecule has 0 atom stereocenters. The fourth-order valence-corrected chi connectivity index (χ4v) is 3.43. The van der Waals surface area contributed by atoms with Crippen molar-refractivity contribution in [3.8, 4) is 0 Å². The van der Waals surface area contributed by atoms with Crippen molar-refractivity contribution < 1.29 is 14.4 Å². The SMILES string of the molecule is O=C(Nc1ccc(Br)cc1)c1ccccc1CN1C(=O)c2ccccc2C1=O. The highest BCUT2D eigenvalue weighted by Crippen LogP contribution is 2.25. The van der Waals surface area contributed by atoms with Gasteiger partial charge in [0.2, 0.25) is 0 Å². The Bertz CT molecular complexity index is 1060. The van der Waals surface area contributed by atoms with Gasteiger partial charge < -0.3 is 5.32 Å². The Balaban J connectivity index is 1.59. The Morgan fingerprint density at radius 1 is 0.821 bits per heavy atom. The highest BCUT2D eigenvalue weighted by molar-refractivity contribution is 9.10.